The zero-order valence-electron chi connectivity index (χ0n) is 10.1. The van der Waals surface area contributed by atoms with Gasteiger partial charge in [-0.2, -0.15) is 0 Å². The molecule has 0 aliphatic rings. The molecule has 2 aromatic carbocycles. The maximum absolute atomic E-state index is 13.1. The van der Waals surface area contributed by atoms with Crippen LogP contribution in [0.1, 0.15) is 27.0 Å². The zero-order valence-corrected chi connectivity index (χ0v) is 11.7. The molecule has 18 heavy (non-hydrogen) atoms. The summed E-state index contributed by atoms with van der Waals surface area (Å²) in [6, 6.07) is 9.93. The number of ketones is 1. The molecule has 0 fully saturated rings. The van der Waals surface area contributed by atoms with Crippen LogP contribution in [0.2, 0.25) is 0 Å². The highest BCUT2D eigenvalue weighted by atomic mass is 79.9. The summed E-state index contributed by atoms with van der Waals surface area (Å²) in [4.78, 5) is 12.3. The van der Waals surface area contributed by atoms with Gasteiger partial charge in [0.1, 0.15) is 5.82 Å². The quantitative estimate of drug-likeness (QED) is 0.750. The van der Waals surface area contributed by atoms with Crippen LogP contribution in [-0.2, 0) is 0 Å². The zero-order chi connectivity index (χ0) is 13.3. The Morgan fingerprint density at radius 1 is 1.17 bits per heavy atom. The summed E-state index contributed by atoms with van der Waals surface area (Å²) >= 11 is 3.09. The van der Waals surface area contributed by atoms with Crippen molar-refractivity contribution < 1.29 is 9.18 Å². The average molecular weight is 307 g/mol. The fourth-order valence-electron chi connectivity index (χ4n) is 1.79. The third kappa shape index (κ3) is 2.36. The van der Waals surface area contributed by atoms with Crippen LogP contribution in [0.5, 0.6) is 0 Å². The first-order valence-electron chi connectivity index (χ1n) is 5.56. The Kier molecular flexibility index (Phi) is 3.62. The van der Waals surface area contributed by atoms with Crippen LogP contribution in [0.15, 0.2) is 40.9 Å². The molecule has 0 atom stereocenters. The number of carbonyl (C=O) groups excluding carboxylic acids is 1. The maximum atomic E-state index is 13.1. The normalized spacial score (nSPS) is 10.4. The third-order valence-corrected chi connectivity index (χ3v) is 3.64. The Labute approximate surface area is 114 Å². The minimum absolute atomic E-state index is 0.0862. The Bertz CT molecular complexity index is 620. The summed E-state index contributed by atoms with van der Waals surface area (Å²) < 4.78 is 13.5. The summed E-state index contributed by atoms with van der Waals surface area (Å²) in [6.45, 7) is 3.88. The number of aryl methyl sites for hydroxylation is 1. The fraction of sp³-hybridized carbons (Fsp3) is 0.133. The van der Waals surface area contributed by atoms with Crippen LogP contribution in [0.25, 0.3) is 0 Å². The van der Waals surface area contributed by atoms with Crippen molar-refractivity contribution in [2.45, 2.75) is 13.8 Å². The van der Waals surface area contributed by atoms with E-state index in [1.54, 1.807) is 6.07 Å². The topological polar surface area (TPSA) is 17.1 Å². The van der Waals surface area contributed by atoms with Crippen molar-refractivity contribution in [3.05, 3.63) is 68.9 Å². The van der Waals surface area contributed by atoms with Crippen LogP contribution in [0.3, 0.4) is 0 Å². The molecule has 0 bridgehead atoms. The van der Waals surface area contributed by atoms with E-state index in [-0.39, 0.29) is 11.6 Å². The van der Waals surface area contributed by atoms with Crippen LogP contribution in [-0.4, -0.2) is 5.78 Å². The summed E-state index contributed by atoms with van der Waals surface area (Å²) in [5.74, 6) is -0.454. The van der Waals surface area contributed by atoms with Gasteiger partial charge in [-0.15, -0.1) is 0 Å². The second kappa shape index (κ2) is 5.02. The van der Waals surface area contributed by atoms with Gasteiger partial charge in [-0.05, 0) is 59.1 Å². The van der Waals surface area contributed by atoms with Crippen molar-refractivity contribution in [3.63, 3.8) is 0 Å². The molecule has 0 heterocycles. The predicted molar refractivity (Wildman–Crippen MR) is 73.4 cm³/mol. The first kappa shape index (κ1) is 13.0. The SMILES string of the molecule is Cc1cccc(C(=O)c2ccc(F)c(Br)c2)c1C. The van der Waals surface area contributed by atoms with E-state index in [2.05, 4.69) is 15.9 Å². The molecule has 0 saturated carbocycles. The van der Waals surface area contributed by atoms with E-state index in [9.17, 15) is 9.18 Å². The standard InChI is InChI=1S/C15H12BrFO/c1-9-4-3-5-12(10(9)2)15(18)11-6-7-14(17)13(16)8-11/h3-8H,1-2H3. The lowest BCUT2D eigenvalue weighted by molar-refractivity contribution is 0.103. The Balaban J connectivity index is 2.48. The van der Waals surface area contributed by atoms with Gasteiger partial charge in [0.25, 0.3) is 0 Å². The third-order valence-electron chi connectivity index (χ3n) is 3.03. The number of carbonyl (C=O) groups is 1. The van der Waals surface area contributed by atoms with Crippen molar-refractivity contribution in [3.8, 4) is 0 Å². The lowest BCUT2D eigenvalue weighted by Gasteiger charge is -2.08. The summed E-state index contributed by atoms with van der Waals surface area (Å²) in [5.41, 5.74) is 3.18. The van der Waals surface area contributed by atoms with Gasteiger partial charge in [0.2, 0.25) is 0 Å². The molecule has 3 heteroatoms. The number of hydrogen-bond donors (Lipinski definition) is 0. The highest BCUT2D eigenvalue weighted by Gasteiger charge is 2.13. The van der Waals surface area contributed by atoms with Gasteiger partial charge >= 0.3 is 0 Å². The summed E-state index contributed by atoms with van der Waals surface area (Å²) in [6.07, 6.45) is 0. The molecule has 2 aromatic rings. The molecule has 0 aliphatic carbocycles. The first-order valence-corrected chi connectivity index (χ1v) is 6.36. The molecule has 0 N–H and O–H groups in total. The minimum atomic E-state index is -0.368. The molecule has 0 aliphatic heterocycles. The van der Waals surface area contributed by atoms with E-state index in [1.807, 2.05) is 26.0 Å². The van der Waals surface area contributed by atoms with Crippen molar-refractivity contribution in [1.29, 1.82) is 0 Å². The first-order chi connectivity index (χ1) is 8.50. The Morgan fingerprint density at radius 2 is 1.89 bits per heavy atom. The Morgan fingerprint density at radius 3 is 2.56 bits per heavy atom. The molecule has 0 amide bonds. The van der Waals surface area contributed by atoms with E-state index in [0.29, 0.717) is 15.6 Å². The molecular weight excluding hydrogens is 295 g/mol. The van der Waals surface area contributed by atoms with E-state index >= 15 is 0 Å². The average Bonchev–Trinajstić information content (AvgIpc) is 2.35. The van der Waals surface area contributed by atoms with Gasteiger partial charge in [-0.3, -0.25) is 4.79 Å². The van der Waals surface area contributed by atoms with Crippen LogP contribution < -0.4 is 0 Å². The number of benzene rings is 2. The lowest BCUT2D eigenvalue weighted by atomic mass is 9.96. The number of halogens is 2. The minimum Gasteiger partial charge on any atom is -0.289 e. The van der Waals surface area contributed by atoms with E-state index in [4.69, 9.17) is 0 Å². The van der Waals surface area contributed by atoms with Crippen molar-refractivity contribution in [2.24, 2.45) is 0 Å². The van der Waals surface area contributed by atoms with Crippen LogP contribution in [0.4, 0.5) is 4.39 Å². The second-order valence-electron chi connectivity index (χ2n) is 4.21. The molecule has 0 unspecified atom stereocenters. The molecule has 1 nitrogen and oxygen atoms in total. The molecule has 0 radical (unpaired) electrons. The van der Waals surface area contributed by atoms with Gasteiger partial charge in [-0.25, -0.2) is 4.39 Å². The molecule has 0 spiro atoms. The smallest absolute Gasteiger partial charge is 0.193 e. The van der Waals surface area contributed by atoms with E-state index in [0.717, 1.165) is 11.1 Å². The highest BCUT2D eigenvalue weighted by Crippen LogP contribution is 2.21. The monoisotopic (exact) mass is 306 g/mol. The molecule has 0 aromatic heterocycles. The largest absolute Gasteiger partial charge is 0.289 e. The molecule has 92 valence electrons. The van der Waals surface area contributed by atoms with Crippen molar-refractivity contribution >= 4 is 21.7 Å². The van der Waals surface area contributed by atoms with Gasteiger partial charge in [0.05, 0.1) is 4.47 Å². The molecular formula is C15H12BrFO. The van der Waals surface area contributed by atoms with Gasteiger partial charge in [0, 0.05) is 11.1 Å². The predicted octanol–water partition coefficient (Wildman–Crippen LogP) is 4.44. The van der Waals surface area contributed by atoms with E-state index < -0.39 is 0 Å². The van der Waals surface area contributed by atoms with Crippen LogP contribution >= 0.6 is 15.9 Å². The van der Waals surface area contributed by atoms with Crippen molar-refractivity contribution in [2.75, 3.05) is 0 Å². The lowest BCUT2D eigenvalue weighted by Crippen LogP contribution is -2.05. The molecule has 2 rings (SSSR count). The van der Waals surface area contributed by atoms with Gasteiger partial charge < -0.3 is 0 Å². The number of hydrogen-bond acceptors (Lipinski definition) is 1. The van der Waals surface area contributed by atoms with Crippen LogP contribution in [0, 0.1) is 19.7 Å². The van der Waals surface area contributed by atoms with E-state index in [1.165, 1.54) is 18.2 Å². The fourth-order valence-corrected chi connectivity index (χ4v) is 2.17. The van der Waals surface area contributed by atoms with Gasteiger partial charge in [0.15, 0.2) is 5.78 Å². The Hall–Kier alpha value is -1.48. The van der Waals surface area contributed by atoms with Crippen molar-refractivity contribution in [1.82, 2.24) is 0 Å². The highest BCUT2D eigenvalue weighted by molar-refractivity contribution is 9.10. The summed E-state index contributed by atoms with van der Waals surface area (Å²) in [5, 5.41) is 0. The second-order valence-corrected chi connectivity index (χ2v) is 5.06. The maximum Gasteiger partial charge on any atom is 0.193 e. The van der Waals surface area contributed by atoms with Gasteiger partial charge in [-0.1, -0.05) is 18.2 Å². The number of rotatable bonds is 2. The molecule has 0 saturated heterocycles. The summed E-state index contributed by atoms with van der Waals surface area (Å²) in [7, 11) is 0.